The third kappa shape index (κ3) is 1.96. The summed E-state index contributed by atoms with van der Waals surface area (Å²) in [5, 5.41) is 4.40. The van der Waals surface area contributed by atoms with E-state index in [1.54, 1.807) is 0 Å². The minimum absolute atomic E-state index is 0.476. The molecule has 2 aromatic heterocycles. The normalized spacial score (nSPS) is 15.8. The number of benzene rings is 1. The van der Waals surface area contributed by atoms with Gasteiger partial charge in [0, 0.05) is 11.5 Å². The summed E-state index contributed by atoms with van der Waals surface area (Å²) in [6, 6.07) is 10.1. The maximum Gasteiger partial charge on any atom is 0.153 e. The molecule has 2 heterocycles. The van der Waals surface area contributed by atoms with Crippen molar-refractivity contribution in [3.63, 3.8) is 0 Å². The highest BCUT2D eigenvalue weighted by atomic mass is 15.3. The average Bonchev–Trinajstić information content (AvgIpc) is 3.16. The molecule has 21 heavy (non-hydrogen) atoms. The van der Waals surface area contributed by atoms with Crippen molar-refractivity contribution < 1.29 is 0 Å². The molecule has 1 aliphatic carbocycles. The fourth-order valence-electron chi connectivity index (χ4n) is 3.22. The Bertz CT molecular complexity index is 772. The molecule has 0 unspecified atom stereocenters. The van der Waals surface area contributed by atoms with Crippen molar-refractivity contribution >= 4 is 11.3 Å². The molecule has 1 fully saturated rings. The number of imidazole rings is 1. The first kappa shape index (κ1) is 12.3. The van der Waals surface area contributed by atoms with Crippen LogP contribution in [0.25, 0.3) is 16.8 Å². The van der Waals surface area contributed by atoms with Gasteiger partial charge in [-0.15, -0.1) is 0 Å². The standard InChI is InChI=1S/C16H17N5/c17-15-14-13(11-6-2-1-3-7-11)20-16(12-8-4-5-9-12)21(14)19-10-18-15/h1-3,6-7,10,12H,4-5,8-9H2,(H2,17,18,19). The lowest BCUT2D eigenvalue weighted by atomic mass is 10.1. The highest BCUT2D eigenvalue weighted by Crippen LogP contribution is 2.36. The maximum absolute atomic E-state index is 6.09. The van der Waals surface area contributed by atoms with Crippen molar-refractivity contribution in [2.24, 2.45) is 0 Å². The maximum atomic E-state index is 6.09. The molecule has 0 saturated heterocycles. The van der Waals surface area contributed by atoms with Crippen LogP contribution in [-0.4, -0.2) is 19.6 Å². The van der Waals surface area contributed by atoms with Crippen LogP contribution < -0.4 is 5.73 Å². The third-order valence-corrected chi connectivity index (χ3v) is 4.25. The van der Waals surface area contributed by atoms with Gasteiger partial charge in [-0.05, 0) is 12.8 Å². The van der Waals surface area contributed by atoms with Gasteiger partial charge in [0.25, 0.3) is 0 Å². The van der Waals surface area contributed by atoms with Crippen molar-refractivity contribution in [1.82, 2.24) is 19.6 Å². The van der Waals surface area contributed by atoms with Gasteiger partial charge in [0.05, 0.1) is 0 Å². The van der Waals surface area contributed by atoms with Crippen LogP contribution in [0.4, 0.5) is 5.82 Å². The molecule has 0 bridgehead atoms. The van der Waals surface area contributed by atoms with E-state index in [1.165, 1.54) is 32.0 Å². The Hall–Kier alpha value is -2.43. The first-order valence-corrected chi connectivity index (χ1v) is 7.39. The van der Waals surface area contributed by atoms with Gasteiger partial charge in [-0.25, -0.2) is 14.5 Å². The van der Waals surface area contributed by atoms with Gasteiger partial charge in [0.1, 0.15) is 23.4 Å². The van der Waals surface area contributed by atoms with Crippen LogP contribution in [0.5, 0.6) is 0 Å². The van der Waals surface area contributed by atoms with Crippen molar-refractivity contribution in [3.8, 4) is 11.3 Å². The average molecular weight is 279 g/mol. The van der Waals surface area contributed by atoms with Gasteiger partial charge in [0.2, 0.25) is 0 Å². The Morgan fingerprint density at radius 2 is 1.86 bits per heavy atom. The van der Waals surface area contributed by atoms with E-state index in [4.69, 9.17) is 10.7 Å². The molecule has 1 aliphatic rings. The molecule has 4 rings (SSSR count). The summed E-state index contributed by atoms with van der Waals surface area (Å²) >= 11 is 0. The second-order valence-corrected chi connectivity index (χ2v) is 5.57. The van der Waals surface area contributed by atoms with E-state index >= 15 is 0 Å². The molecule has 0 atom stereocenters. The summed E-state index contributed by atoms with van der Waals surface area (Å²) in [4.78, 5) is 9.02. The van der Waals surface area contributed by atoms with Crippen LogP contribution in [0.15, 0.2) is 36.7 Å². The highest BCUT2D eigenvalue weighted by Gasteiger charge is 2.25. The first-order valence-electron chi connectivity index (χ1n) is 7.39. The number of hydrogen-bond donors (Lipinski definition) is 1. The lowest BCUT2D eigenvalue weighted by Crippen LogP contribution is -2.05. The Kier molecular flexibility index (Phi) is 2.84. The second kappa shape index (κ2) is 4.84. The van der Waals surface area contributed by atoms with E-state index in [0.717, 1.165) is 22.6 Å². The summed E-state index contributed by atoms with van der Waals surface area (Å²) in [7, 11) is 0. The smallest absolute Gasteiger partial charge is 0.153 e. The third-order valence-electron chi connectivity index (χ3n) is 4.25. The lowest BCUT2D eigenvalue weighted by molar-refractivity contribution is 0.641. The summed E-state index contributed by atoms with van der Waals surface area (Å²) in [6.45, 7) is 0. The summed E-state index contributed by atoms with van der Waals surface area (Å²) < 4.78 is 1.89. The minimum Gasteiger partial charge on any atom is -0.382 e. The summed E-state index contributed by atoms with van der Waals surface area (Å²) in [6.07, 6.45) is 6.40. The van der Waals surface area contributed by atoms with Crippen molar-refractivity contribution in [2.75, 3.05) is 5.73 Å². The number of hydrogen-bond acceptors (Lipinski definition) is 4. The topological polar surface area (TPSA) is 69.1 Å². The number of nitrogens with two attached hydrogens (primary N) is 1. The van der Waals surface area contributed by atoms with Crippen molar-refractivity contribution in [3.05, 3.63) is 42.5 Å². The van der Waals surface area contributed by atoms with Crippen LogP contribution in [-0.2, 0) is 0 Å². The molecule has 0 spiro atoms. The zero-order valence-corrected chi connectivity index (χ0v) is 11.7. The van der Waals surface area contributed by atoms with Gasteiger partial charge in [0.15, 0.2) is 5.82 Å². The van der Waals surface area contributed by atoms with Crippen molar-refractivity contribution in [2.45, 2.75) is 31.6 Å². The van der Waals surface area contributed by atoms with Gasteiger partial charge < -0.3 is 5.73 Å². The fourth-order valence-corrected chi connectivity index (χ4v) is 3.22. The number of anilines is 1. The molecule has 3 aromatic rings. The fraction of sp³-hybridized carbons (Fsp3) is 0.312. The largest absolute Gasteiger partial charge is 0.382 e. The zero-order valence-electron chi connectivity index (χ0n) is 11.7. The van der Waals surface area contributed by atoms with Crippen LogP contribution >= 0.6 is 0 Å². The number of aromatic nitrogens is 4. The number of nitrogen functional groups attached to an aromatic ring is 1. The molecule has 106 valence electrons. The quantitative estimate of drug-likeness (QED) is 0.782. The predicted octanol–water partition coefficient (Wildman–Crippen LogP) is 3.03. The lowest BCUT2D eigenvalue weighted by Gasteiger charge is -2.06. The zero-order chi connectivity index (χ0) is 14.2. The summed E-state index contributed by atoms with van der Waals surface area (Å²) in [5.41, 5.74) is 8.86. The molecular weight excluding hydrogens is 262 g/mol. The molecule has 1 saturated carbocycles. The Morgan fingerprint density at radius 1 is 1.10 bits per heavy atom. The highest BCUT2D eigenvalue weighted by molar-refractivity contribution is 5.84. The van der Waals surface area contributed by atoms with Crippen molar-refractivity contribution in [1.29, 1.82) is 0 Å². The van der Waals surface area contributed by atoms with E-state index in [1.807, 2.05) is 34.8 Å². The van der Waals surface area contributed by atoms with Crippen LogP contribution in [0, 0.1) is 0 Å². The van der Waals surface area contributed by atoms with Gasteiger partial charge >= 0.3 is 0 Å². The predicted molar refractivity (Wildman–Crippen MR) is 81.8 cm³/mol. The second-order valence-electron chi connectivity index (χ2n) is 5.57. The Balaban J connectivity index is 1.98. The number of rotatable bonds is 2. The molecule has 0 aliphatic heterocycles. The molecule has 5 heteroatoms. The van der Waals surface area contributed by atoms with Gasteiger partial charge in [-0.1, -0.05) is 43.2 Å². The van der Waals surface area contributed by atoms with E-state index in [2.05, 4.69) is 10.1 Å². The minimum atomic E-state index is 0.476. The SMILES string of the molecule is Nc1ncnn2c(C3CCCC3)nc(-c3ccccc3)c12. The molecule has 0 amide bonds. The molecular formula is C16H17N5. The molecule has 5 nitrogen and oxygen atoms in total. The van der Waals surface area contributed by atoms with Gasteiger partial charge in [-0.3, -0.25) is 0 Å². The number of fused-ring (bicyclic) bond motifs is 1. The van der Waals surface area contributed by atoms with E-state index in [-0.39, 0.29) is 0 Å². The van der Waals surface area contributed by atoms with Crippen LogP contribution in [0.1, 0.15) is 37.4 Å². The van der Waals surface area contributed by atoms with E-state index < -0.39 is 0 Å². The van der Waals surface area contributed by atoms with Gasteiger partial charge in [-0.2, -0.15) is 5.10 Å². The Labute approximate surface area is 122 Å². The summed E-state index contributed by atoms with van der Waals surface area (Å²) in [5.74, 6) is 1.99. The molecule has 2 N–H and O–H groups in total. The monoisotopic (exact) mass is 279 g/mol. The van der Waals surface area contributed by atoms with Crippen LogP contribution in [0.3, 0.4) is 0 Å². The molecule has 1 aromatic carbocycles. The molecule has 0 radical (unpaired) electrons. The Morgan fingerprint density at radius 3 is 2.62 bits per heavy atom. The first-order chi connectivity index (χ1) is 10.3. The van der Waals surface area contributed by atoms with Crippen LogP contribution in [0.2, 0.25) is 0 Å². The number of nitrogens with zero attached hydrogens (tertiary/aromatic N) is 4. The van der Waals surface area contributed by atoms with E-state index in [9.17, 15) is 0 Å². The van der Waals surface area contributed by atoms with E-state index in [0.29, 0.717) is 11.7 Å².